The first-order valence-corrected chi connectivity index (χ1v) is 6.79. The van der Waals surface area contributed by atoms with Crippen LogP contribution in [0.1, 0.15) is 17.4 Å². The van der Waals surface area contributed by atoms with E-state index in [-0.39, 0.29) is 6.04 Å². The van der Waals surface area contributed by atoms with Crippen LogP contribution in [0.3, 0.4) is 0 Å². The highest BCUT2D eigenvalue weighted by Crippen LogP contribution is 2.30. The van der Waals surface area contributed by atoms with E-state index in [1.807, 2.05) is 41.0 Å². The molecule has 0 amide bonds. The molecule has 4 nitrogen and oxygen atoms in total. The number of benzene rings is 2. The van der Waals surface area contributed by atoms with Crippen LogP contribution in [0.15, 0.2) is 77.7 Å². The number of hydrogen-bond donors (Lipinski definition) is 0. The SMILES string of the molecule is c1ccc(C(c2cc3ccccc3o2)n2cnnc2)cc1. The van der Waals surface area contributed by atoms with Crippen LogP contribution in [0.2, 0.25) is 0 Å². The molecule has 0 aliphatic carbocycles. The van der Waals surface area contributed by atoms with E-state index in [0.717, 1.165) is 22.3 Å². The van der Waals surface area contributed by atoms with E-state index in [1.54, 1.807) is 12.7 Å². The highest BCUT2D eigenvalue weighted by atomic mass is 16.3. The van der Waals surface area contributed by atoms with Crippen molar-refractivity contribution in [2.75, 3.05) is 0 Å². The highest BCUT2D eigenvalue weighted by Gasteiger charge is 2.20. The van der Waals surface area contributed by atoms with Crippen molar-refractivity contribution in [3.63, 3.8) is 0 Å². The Morgan fingerprint density at radius 2 is 1.57 bits per heavy atom. The van der Waals surface area contributed by atoms with Crippen LogP contribution >= 0.6 is 0 Å². The smallest absolute Gasteiger partial charge is 0.134 e. The van der Waals surface area contributed by atoms with E-state index < -0.39 is 0 Å². The van der Waals surface area contributed by atoms with Gasteiger partial charge in [-0.1, -0.05) is 48.5 Å². The number of furan rings is 1. The molecule has 0 radical (unpaired) electrons. The quantitative estimate of drug-likeness (QED) is 0.573. The zero-order valence-corrected chi connectivity index (χ0v) is 11.3. The van der Waals surface area contributed by atoms with Gasteiger partial charge in [0.1, 0.15) is 30.0 Å². The van der Waals surface area contributed by atoms with Crippen molar-refractivity contribution >= 4 is 11.0 Å². The van der Waals surface area contributed by atoms with Gasteiger partial charge in [-0.15, -0.1) is 10.2 Å². The van der Waals surface area contributed by atoms with E-state index in [4.69, 9.17) is 4.42 Å². The van der Waals surface area contributed by atoms with Crippen LogP contribution in [-0.4, -0.2) is 14.8 Å². The van der Waals surface area contributed by atoms with E-state index in [0.29, 0.717) is 0 Å². The van der Waals surface area contributed by atoms with Crippen molar-refractivity contribution in [1.82, 2.24) is 14.8 Å². The predicted molar refractivity (Wildman–Crippen MR) is 79.9 cm³/mol. The van der Waals surface area contributed by atoms with Gasteiger partial charge in [-0.25, -0.2) is 0 Å². The van der Waals surface area contributed by atoms with Gasteiger partial charge in [0, 0.05) is 5.39 Å². The van der Waals surface area contributed by atoms with Gasteiger partial charge in [0.15, 0.2) is 0 Å². The molecule has 0 fully saturated rings. The first-order valence-electron chi connectivity index (χ1n) is 6.79. The summed E-state index contributed by atoms with van der Waals surface area (Å²) in [5.41, 5.74) is 2.03. The normalized spacial score (nSPS) is 12.6. The summed E-state index contributed by atoms with van der Waals surface area (Å²) in [6, 6.07) is 20.3. The molecule has 2 heterocycles. The van der Waals surface area contributed by atoms with Crippen molar-refractivity contribution in [3.05, 3.63) is 84.6 Å². The van der Waals surface area contributed by atoms with Crippen molar-refractivity contribution in [3.8, 4) is 0 Å². The Morgan fingerprint density at radius 1 is 0.857 bits per heavy atom. The van der Waals surface area contributed by atoms with Crippen molar-refractivity contribution in [2.45, 2.75) is 6.04 Å². The third-order valence-electron chi connectivity index (χ3n) is 3.56. The van der Waals surface area contributed by atoms with E-state index in [1.165, 1.54) is 0 Å². The second-order valence-electron chi connectivity index (χ2n) is 4.91. The summed E-state index contributed by atoms with van der Waals surface area (Å²) in [6.07, 6.45) is 3.43. The second kappa shape index (κ2) is 4.90. The molecule has 0 spiro atoms. The average Bonchev–Trinajstić information content (AvgIpc) is 3.18. The summed E-state index contributed by atoms with van der Waals surface area (Å²) in [4.78, 5) is 0. The molecule has 1 atom stereocenters. The molecule has 2 aromatic heterocycles. The van der Waals surface area contributed by atoms with E-state index in [2.05, 4.69) is 34.5 Å². The number of fused-ring (bicyclic) bond motifs is 1. The fraction of sp³-hybridized carbons (Fsp3) is 0.0588. The molecule has 4 aromatic rings. The molecule has 21 heavy (non-hydrogen) atoms. The molecule has 0 saturated carbocycles. The monoisotopic (exact) mass is 275 g/mol. The standard InChI is InChI=1S/C17H13N3O/c1-2-6-13(7-3-1)17(20-11-18-19-12-20)16-10-14-8-4-5-9-15(14)21-16/h1-12,17H. The molecular formula is C17H13N3O. The lowest BCUT2D eigenvalue weighted by Crippen LogP contribution is -2.09. The number of hydrogen-bond acceptors (Lipinski definition) is 3. The lowest BCUT2D eigenvalue weighted by atomic mass is 10.0. The molecule has 0 saturated heterocycles. The summed E-state index contributed by atoms with van der Waals surface area (Å²) >= 11 is 0. The van der Waals surface area contributed by atoms with Crippen LogP contribution in [0.5, 0.6) is 0 Å². The van der Waals surface area contributed by atoms with Gasteiger partial charge in [-0.2, -0.15) is 0 Å². The van der Waals surface area contributed by atoms with E-state index >= 15 is 0 Å². The van der Waals surface area contributed by atoms with Crippen LogP contribution in [0.25, 0.3) is 11.0 Å². The first-order chi connectivity index (χ1) is 10.4. The zero-order chi connectivity index (χ0) is 14.1. The Morgan fingerprint density at radius 3 is 2.33 bits per heavy atom. The molecule has 4 heteroatoms. The van der Waals surface area contributed by atoms with Gasteiger partial charge in [0.25, 0.3) is 0 Å². The minimum atomic E-state index is -0.0615. The van der Waals surface area contributed by atoms with Crippen LogP contribution in [-0.2, 0) is 0 Å². The second-order valence-corrected chi connectivity index (χ2v) is 4.91. The average molecular weight is 275 g/mol. The van der Waals surface area contributed by atoms with Crippen molar-refractivity contribution < 1.29 is 4.42 Å². The molecule has 0 aliphatic rings. The lowest BCUT2D eigenvalue weighted by molar-refractivity contribution is 0.487. The largest absolute Gasteiger partial charge is 0.458 e. The van der Waals surface area contributed by atoms with Gasteiger partial charge >= 0.3 is 0 Å². The number of aromatic nitrogens is 3. The highest BCUT2D eigenvalue weighted by molar-refractivity contribution is 5.78. The van der Waals surface area contributed by atoms with Gasteiger partial charge < -0.3 is 8.98 Å². The molecule has 2 aromatic carbocycles. The Kier molecular flexibility index (Phi) is 2.78. The fourth-order valence-corrected chi connectivity index (χ4v) is 2.60. The summed E-state index contributed by atoms with van der Waals surface area (Å²) in [5.74, 6) is 0.877. The van der Waals surface area contributed by atoms with Crippen LogP contribution in [0.4, 0.5) is 0 Å². The maximum absolute atomic E-state index is 6.03. The summed E-state index contributed by atoms with van der Waals surface area (Å²) in [6.45, 7) is 0. The molecular weight excluding hydrogens is 262 g/mol. The molecule has 1 unspecified atom stereocenters. The Balaban J connectivity index is 1.90. The summed E-state index contributed by atoms with van der Waals surface area (Å²) in [7, 11) is 0. The number of para-hydroxylation sites is 1. The van der Waals surface area contributed by atoms with Gasteiger partial charge in [0.2, 0.25) is 0 Å². The molecule has 4 rings (SSSR count). The zero-order valence-electron chi connectivity index (χ0n) is 11.3. The van der Waals surface area contributed by atoms with Gasteiger partial charge in [-0.05, 0) is 17.7 Å². The fourth-order valence-electron chi connectivity index (χ4n) is 2.60. The summed E-state index contributed by atoms with van der Waals surface area (Å²) in [5, 5.41) is 8.94. The first kappa shape index (κ1) is 11.9. The topological polar surface area (TPSA) is 43.9 Å². The Labute approximate surface area is 121 Å². The predicted octanol–water partition coefficient (Wildman–Crippen LogP) is 3.66. The third kappa shape index (κ3) is 2.10. The van der Waals surface area contributed by atoms with E-state index in [9.17, 15) is 0 Å². The maximum Gasteiger partial charge on any atom is 0.134 e. The van der Waals surface area contributed by atoms with Crippen LogP contribution in [0, 0.1) is 0 Å². The molecule has 0 bridgehead atoms. The van der Waals surface area contributed by atoms with Crippen LogP contribution < -0.4 is 0 Å². The number of rotatable bonds is 3. The van der Waals surface area contributed by atoms with Crippen molar-refractivity contribution in [1.29, 1.82) is 0 Å². The minimum absolute atomic E-state index is 0.0615. The number of nitrogens with zero attached hydrogens (tertiary/aromatic N) is 3. The molecule has 0 N–H and O–H groups in total. The minimum Gasteiger partial charge on any atom is -0.458 e. The van der Waals surface area contributed by atoms with Crippen molar-refractivity contribution in [2.24, 2.45) is 0 Å². The Bertz CT molecular complexity index is 817. The molecule has 102 valence electrons. The molecule has 0 aliphatic heterocycles. The summed E-state index contributed by atoms with van der Waals surface area (Å²) < 4.78 is 7.98. The lowest BCUT2D eigenvalue weighted by Gasteiger charge is -2.15. The van der Waals surface area contributed by atoms with Gasteiger partial charge in [-0.3, -0.25) is 0 Å². The third-order valence-corrected chi connectivity index (χ3v) is 3.56. The van der Waals surface area contributed by atoms with Gasteiger partial charge in [0.05, 0.1) is 0 Å². The maximum atomic E-state index is 6.03. The Hall–Kier alpha value is -2.88.